The number of rotatable bonds is 2. The number of hydrogen-bond acceptors (Lipinski definition) is 3. The van der Waals surface area contributed by atoms with Gasteiger partial charge in [0.1, 0.15) is 5.56 Å². The molecule has 0 radical (unpaired) electrons. The molecule has 1 aromatic heterocycles. The molecule has 0 atom stereocenters. The van der Waals surface area contributed by atoms with Crippen LogP contribution in [0.2, 0.25) is 0 Å². The van der Waals surface area contributed by atoms with Gasteiger partial charge in [0.25, 0.3) is 0 Å². The number of carboxylic acid groups (broad SMARTS) is 1. The molecule has 15 heavy (non-hydrogen) atoms. The second kappa shape index (κ2) is 3.88. The van der Waals surface area contributed by atoms with Gasteiger partial charge in [-0.25, -0.2) is 9.78 Å². The number of aromatic nitrogens is 1. The lowest BCUT2D eigenvalue weighted by molar-refractivity contribution is 0.0692. The van der Waals surface area contributed by atoms with Gasteiger partial charge in [0.05, 0.1) is 7.11 Å². The van der Waals surface area contributed by atoms with Gasteiger partial charge in [0.15, 0.2) is 0 Å². The van der Waals surface area contributed by atoms with Crippen molar-refractivity contribution in [2.45, 2.75) is 26.2 Å². The van der Waals surface area contributed by atoms with E-state index in [0.717, 1.165) is 5.56 Å². The van der Waals surface area contributed by atoms with Gasteiger partial charge in [-0.15, -0.1) is 0 Å². The highest BCUT2D eigenvalue weighted by Crippen LogP contribution is 2.25. The average Bonchev–Trinajstić information content (AvgIpc) is 2.15. The first-order chi connectivity index (χ1) is 6.86. The van der Waals surface area contributed by atoms with Crippen molar-refractivity contribution in [2.75, 3.05) is 7.11 Å². The third kappa shape index (κ3) is 2.46. The quantitative estimate of drug-likeness (QED) is 0.810. The van der Waals surface area contributed by atoms with E-state index in [4.69, 9.17) is 9.84 Å². The minimum atomic E-state index is -1.02. The van der Waals surface area contributed by atoms with Crippen LogP contribution in [-0.4, -0.2) is 23.2 Å². The van der Waals surface area contributed by atoms with Gasteiger partial charge in [-0.05, 0) is 17.0 Å². The van der Waals surface area contributed by atoms with Gasteiger partial charge < -0.3 is 9.84 Å². The predicted molar refractivity (Wildman–Crippen MR) is 56.4 cm³/mol. The number of carboxylic acids is 1. The molecular formula is C11H15NO3. The molecule has 0 fully saturated rings. The zero-order chi connectivity index (χ0) is 11.6. The van der Waals surface area contributed by atoms with E-state index in [0.29, 0.717) is 0 Å². The molecule has 0 aromatic carbocycles. The Balaban J connectivity index is 3.28. The first-order valence-corrected chi connectivity index (χ1v) is 4.64. The second-order valence-electron chi connectivity index (χ2n) is 4.34. The molecule has 1 N–H and O–H groups in total. The van der Waals surface area contributed by atoms with Crippen LogP contribution in [0.15, 0.2) is 12.3 Å². The molecule has 0 bridgehead atoms. The first kappa shape index (κ1) is 11.5. The molecule has 0 spiro atoms. The van der Waals surface area contributed by atoms with Gasteiger partial charge in [0, 0.05) is 6.20 Å². The van der Waals surface area contributed by atoms with Crippen molar-refractivity contribution in [3.63, 3.8) is 0 Å². The fourth-order valence-corrected chi connectivity index (χ4v) is 1.18. The van der Waals surface area contributed by atoms with Crippen LogP contribution in [-0.2, 0) is 5.41 Å². The molecule has 0 unspecified atom stereocenters. The van der Waals surface area contributed by atoms with Crippen LogP contribution in [0.3, 0.4) is 0 Å². The summed E-state index contributed by atoms with van der Waals surface area (Å²) in [5, 5.41) is 8.97. The van der Waals surface area contributed by atoms with E-state index < -0.39 is 5.97 Å². The number of pyridine rings is 1. The van der Waals surface area contributed by atoms with E-state index >= 15 is 0 Å². The van der Waals surface area contributed by atoms with E-state index in [9.17, 15) is 4.79 Å². The zero-order valence-electron chi connectivity index (χ0n) is 9.37. The number of hydrogen-bond donors (Lipinski definition) is 1. The molecule has 0 saturated carbocycles. The summed E-state index contributed by atoms with van der Waals surface area (Å²) in [5.41, 5.74) is 0.856. The number of methoxy groups -OCH3 is 1. The maximum absolute atomic E-state index is 10.9. The number of aromatic carboxylic acids is 1. The van der Waals surface area contributed by atoms with Crippen LogP contribution < -0.4 is 4.74 Å². The van der Waals surface area contributed by atoms with Crippen LogP contribution in [0.5, 0.6) is 5.88 Å². The van der Waals surface area contributed by atoms with Crippen LogP contribution in [0.25, 0.3) is 0 Å². The standard InChI is InChI=1S/C11H15NO3/c1-11(2,3)7-5-8(10(13)14)9(15-4)12-6-7/h5-6H,1-4H3,(H,13,14). The first-order valence-electron chi connectivity index (χ1n) is 4.64. The zero-order valence-corrected chi connectivity index (χ0v) is 9.37. The molecule has 1 rings (SSSR count). The number of carbonyl (C=O) groups is 1. The summed E-state index contributed by atoms with van der Waals surface area (Å²) in [5.74, 6) is -0.874. The Kier molecular flexibility index (Phi) is 2.98. The highest BCUT2D eigenvalue weighted by molar-refractivity contribution is 5.90. The summed E-state index contributed by atoms with van der Waals surface area (Å²) in [4.78, 5) is 14.9. The van der Waals surface area contributed by atoms with E-state index in [2.05, 4.69) is 4.98 Å². The number of nitrogens with zero attached hydrogens (tertiary/aromatic N) is 1. The lowest BCUT2D eigenvalue weighted by Gasteiger charge is -2.19. The maximum atomic E-state index is 10.9. The maximum Gasteiger partial charge on any atom is 0.341 e. The normalized spacial score (nSPS) is 11.2. The highest BCUT2D eigenvalue weighted by Gasteiger charge is 2.19. The third-order valence-electron chi connectivity index (χ3n) is 2.14. The second-order valence-corrected chi connectivity index (χ2v) is 4.34. The summed E-state index contributed by atoms with van der Waals surface area (Å²) in [7, 11) is 1.41. The Morgan fingerprint density at radius 1 is 1.47 bits per heavy atom. The monoisotopic (exact) mass is 209 g/mol. The Morgan fingerprint density at radius 2 is 2.07 bits per heavy atom. The summed E-state index contributed by atoms with van der Waals surface area (Å²) in [6.45, 7) is 6.01. The fourth-order valence-electron chi connectivity index (χ4n) is 1.18. The van der Waals surface area contributed by atoms with Crippen molar-refractivity contribution < 1.29 is 14.6 Å². The average molecular weight is 209 g/mol. The van der Waals surface area contributed by atoms with Crippen LogP contribution in [0.1, 0.15) is 36.7 Å². The SMILES string of the molecule is COc1ncc(C(C)(C)C)cc1C(=O)O. The summed E-state index contributed by atoms with van der Waals surface area (Å²) in [6.07, 6.45) is 1.64. The lowest BCUT2D eigenvalue weighted by atomic mass is 9.87. The van der Waals surface area contributed by atoms with Gasteiger partial charge in [-0.2, -0.15) is 0 Å². The molecule has 4 nitrogen and oxygen atoms in total. The Hall–Kier alpha value is -1.58. The Labute approximate surface area is 88.9 Å². The van der Waals surface area contributed by atoms with Crippen molar-refractivity contribution in [3.05, 3.63) is 23.4 Å². The molecule has 0 amide bonds. The summed E-state index contributed by atoms with van der Waals surface area (Å²) in [6, 6.07) is 1.61. The molecule has 82 valence electrons. The molecule has 4 heteroatoms. The van der Waals surface area contributed by atoms with Crippen molar-refractivity contribution in [3.8, 4) is 5.88 Å². The molecular weight excluding hydrogens is 194 g/mol. The van der Waals surface area contributed by atoms with Crippen LogP contribution >= 0.6 is 0 Å². The molecule has 1 heterocycles. The van der Waals surface area contributed by atoms with Crippen LogP contribution in [0.4, 0.5) is 0 Å². The summed E-state index contributed by atoms with van der Waals surface area (Å²) < 4.78 is 4.88. The molecule has 0 saturated heterocycles. The van der Waals surface area contributed by atoms with Crippen LogP contribution in [0, 0.1) is 0 Å². The topological polar surface area (TPSA) is 59.4 Å². The Bertz CT molecular complexity index is 380. The van der Waals surface area contributed by atoms with Gasteiger partial charge in [-0.1, -0.05) is 20.8 Å². The van der Waals surface area contributed by atoms with E-state index in [-0.39, 0.29) is 16.9 Å². The molecule has 0 aliphatic heterocycles. The minimum absolute atomic E-state index is 0.102. The van der Waals surface area contributed by atoms with E-state index in [1.165, 1.54) is 7.11 Å². The van der Waals surface area contributed by atoms with Gasteiger partial charge in [0.2, 0.25) is 5.88 Å². The van der Waals surface area contributed by atoms with Crippen molar-refractivity contribution in [2.24, 2.45) is 0 Å². The van der Waals surface area contributed by atoms with Crippen molar-refractivity contribution in [1.29, 1.82) is 0 Å². The van der Waals surface area contributed by atoms with Gasteiger partial charge >= 0.3 is 5.97 Å². The third-order valence-corrected chi connectivity index (χ3v) is 2.14. The lowest BCUT2D eigenvalue weighted by Crippen LogP contribution is -2.14. The predicted octanol–water partition coefficient (Wildman–Crippen LogP) is 2.09. The highest BCUT2D eigenvalue weighted by atomic mass is 16.5. The molecule has 0 aliphatic carbocycles. The molecule has 0 aliphatic rings. The fraction of sp³-hybridized carbons (Fsp3) is 0.455. The van der Waals surface area contributed by atoms with E-state index in [1.54, 1.807) is 12.3 Å². The smallest absolute Gasteiger partial charge is 0.341 e. The largest absolute Gasteiger partial charge is 0.480 e. The minimum Gasteiger partial charge on any atom is -0.480 e. The van der Waals surface area contributed by atoms with Crippen molar-refractivity contribution >= 4 is 5.97 Å². The Morgan fingerprint density at radius 3 is 2.47 bits per heavy atom. The molecule has 1 aromatic rings. The van der Waals surface area contributed by atoms with Gasteiger partial charge in [-0.3, -0.25) is 0 Å². The number of ether oxygens (including phenoxy) is 1. The van der Waals surface area contributed by atoms with E-state index in [1.807, 2.05) is 20.8 Å². The van der Waals surface area contributed by atoms with Crippen molar-refractivity contribution in [1.82, 2.24) is 4.98 Å². The summed E-state index contributed by atoms with van der Waals surface area (Å²) >= 11 is 0.